The Morgan fingerprint density at radius 2 is 1.93 bits per heavy atom. The molecule has 0 atom stereocenters. The van der Waals surface area contributed by atoms with Crippen LogP contribution in [-0.4, -0.2) is 47.8 Å². The molecule has 2 aromatic rings. The van der Waals surface area contributed by atoms with Crippen LogP contribution in [0.4, 0.5) is 0 Å². The van der Waals surface area contributed by atoms with Gasteiger partial charge in [-0.15, -0.1) is 0 Å². The van der Waals surface area contributed by atoms with E-state index >= 15 is 0 Å². The summed E-state index contributed by atoms with van der Waals surface area (Å²) in [4.78, 5) is 16.8. The molecule has 0 saturated carbocycles. The predicted molar refractivity (Wildman–Crippen MR) is 108 cm³/mol. The minimum Gasteiger partial charge on any atom is -0.352 e. The van der Waals surface area contributed by atoms with E-state index in [1.165, 1.54) is 6.07 Å². The Morgan fingerprint density at radius 1 is 1.18 bits per heavy atom. The number of nitrogens with zero attached hydrogens (tertiary/aromatic N) is 3. The first-order valence-electron chi connectivity index (χ1n) is 9.83. The van der Waals surface area contributed by atoms with Crippen LogP contribution in [0.1, 0.15) is 48.0 Å². The van der Waals surface area contributed by atoms with Gasteiger partial charge in [-0.25, -0.2) is 13.4 Å². The average molecular weight is 405 g/mol. The molecule has 3 rings (SSSR count). The maximum Gasteiger partial charge on any atom is 0.251 e. The van der Waals surface area contributed by atoms with Crippen molar-refractivity contribution in [2.75, 3.05) is 19.6 Å². The van der Waals surface area contributed by atoms with Gasteiger partial charge in [-0.1, -0.05) is 18.9 Å². The number of rotatable bonds is 7. The van der Waals surface area contributed by atoms with Crippen molar-refractivity contribution in [3.63, 3.8) is 0 Å². The Hall–Kier alpha value is -2.19. The molecule has 7 nitrogen and oxygen atoms in total. The maximum absolute atomic E-state index is 13.0. The van der Waals surface area contributed by atoms with Crippen LogP contribution in [0.3, 0.4) is 0 Å². The lowest BCUT2D eigenvalue weighted by Crippen LogP contribution is -2.32. The number of hydrogen-bond donors (Lipinski definition) is 1. The summed E-state index contributed by atoms with van der Waals surface area (Å²) in [6.07, 6.45) is 10.0. The molecular formula is C20H28N4O3S. The molecule has 2 heterocycles. The molecule has 28 heavy (non-hydrogen) atoms. The second-order valence-corrected chi connectivity index (χ2v) is 9.14. The lowest BCUT2D eigenvalue weighted by Gasteiger charge is -2.20. The fourth-order valence-corrected chi connectivity index (χ4v) is 4.96. The fraction of sp³-hybridized carbons (Fsp3) is 0.500. The van der Waals surface area contributed by atoms with Gasteiger partial charge in [0, 0.05) is 44.1 Å². The highest BCUT2D eigenvalue weighted by atomic mass is 32.2. The molecule has 1 N–H and O–H groups in total. The second kappa shape index (κ2) is 9.34. The van der Waals surface area contributed by atoms with E-state index in [4.69, 9.17) is 0 Å². The van der Waals surface area contributed by atoms with Gasteiger partial charge in [0.05, 0.1) is 11.2 Å². The van der Waals surface area contributed by atoms with Gasteiger partial charge in [-0.3, -0.25) is 4.79 Å². The minimum absolute atomic E-state index is 0.198. The zero-order valence-electron chi connectivity index (χ0n) is 16.3. The van der Waals surface area contributed by atoms with E-state index in [0.29, 0.717) is 25.2 Å². The summed E-state index contributed by atoms with van der Waals surface area (Å²) in [5, 5.41) is 2.89. The highest BCUT2D eigenvalue weighted by Crippen LogP contribution is 2.22. The monoisotopic (exact) mass is 404 g/mol. The van der Waals surface area contributed by atoms with Gasteiger partial charge in [-0.2, -0.15) is 4.31 Å². The molecule has 0 aliphatic carbocycles. The Kier molecular flexibility index (Phi) is 6.85. The van der Waals surface area contributed by atoms with Crippen molar-refractivity contribution in [1.82, 2.24) is 19.2 Å². The molecule has 1 fully saturated rings. The molecule has 1 aromatic carbocycles. The van der Waals surface area contributed by atoms with Crippen LogP contribution >= 0.6 is 0 Å². The van der Waals surface area contributed by atoms with Crippen molar-refractivity contribution in [3.05, 3.63) is 48.0 Å². The number of imidazole rings is 1. The van der Waals surface area contributed by atoms with E-state index in [9.17, 15) is 13.2 Å². The van der Waals surface area contributed by atoms with Gasteiger partial charge in [0.1, 0.15) is 0 Å². The quantitative estimate of drug-likeness (QED) is 0.719. The summed E-state index contributed by atoms with van der Waals surface area (Å²) in [7, 11) is -3.57. The predicted octanol–water partition coefficient (Wildman–Crippen LogP) is 2.58. The molecule has 0 spiro atoms. The topological polar surface area (TPSA) is 84.3 Å². The number of aromatic nitrogens is 2. The third-order valence-electron chi connectivity index (χ3n) is 5.09. The first kappa shape index (κ1) is 20.5. The fourth-order valence-electron chi connectivity index (χ4n) is 3.42. The van der Waals surface area contributed by atoms with Gasteiger partial charge < -0.3 is 9.88 Å². The Labute approximate surface area is 166 Å². The molecule has 1 aliphatic heterocycles. The molecule has 1 amide bonds. The second-order valence-electron chi connectivity index (χ2n) is 7.20. The summed E-state index contributed by atoms with van der Waals surface area (Å²) in [6, 6.07) is 4.83. The SMILES string of the molecule is Cc1ccc(S(=O)(=O)N2CCCCCC2)cc1C(=O)NCCCn1ccnc1. The van der Waals surface area contributed by atoms with Crippen molar-refractivity contribution >= 4 is 15.9 Å². The summed E-state index contributed by atoms with van der Waals surface area (Å²) in [6.45, 7) is 4.20. The Balaban J connectivity index is 1.67. The third-order valence-corrected chi connectivity index (χ3v) is 6.99. The van der Waals surface area contributed by atoms with Crippen LogP contribution in [-0.2, 0) is 16.6 Å². The number of carbonyl (C=O) groups excluding carboxylic acids is 1. The van der Waals surface area contributed by atoms with E-state index in [1.807, 2.05) is 17.7 Å². The first-order chi connectivity index (χ1) is 13.5. The number of nitrogens with one attached hydrogen (secondary N) is 1. The molecule has 0 bridgehead atoms. The number of hydrogen-bond acceptors (Lipinski definition) is 4. The van der Waals surface area contributed by atoms with E-state index in [2.05, 4.69) is 10.3 Å². The van der Waals surface area contributed by atoms with E-state index in [1.54, 1.807) is 29.0 Å². The normalized spacial score (nSPS) is 15.9. The van der Waals surface area contributed by atoms with Crippen LogP contribution in [0.5, 0.6) is 0 Å². The zero-order valence-corrected chi connectivity index (χ0v) is 17.1. The highest BCUT2D eigenvalue weighted by Gasteiger charge is 2.26. The molecule has 0 unspecified atom stereocenters. The van der Waals surface area contributed by atoms with Gasteiger partial charge >= 0.3 is 0 Å². The maximum atomic E-state index is 13.0. The number of benzene rings is 1. The van der Waals surface area contributed by atoms with E-state index < -0.39 is 10.0 Å². The number of aryl methyl sites for hydroxylation is 2. The van der Waals surface area contributed by atoms with Crippen LogP contribution in [0.2, 0.25) is 0 Å². The van der Waals surface area contributed by atoms with Gasteiger partial charge in [0.15, 0.2) is 0 Å². The molecule has 1 saturated heterocycles. The number of carbonyl (C=O) groups is 1. The van der Waals surface area contributed by atoms with Crippen molar-refractivity contribution in [3.8, 4) is 0 Å². The summed E-state index contributed by atoms with van der Waals surface area (Å²) in [5.41, 5.74) is 1.18. The highest BCUT2D eigenvalue weighted by molar-refractivity contribution is 7.89. The van der Waals surface area contributed by atoms with Crippen molar-refractivity contribution < 1.29 is 13.2 Å². The smallest absolute Gasteiger partial charge is 0.251 e. The van der Waals surface area contributed by atoms with Crippen LogP contribution in [0.15, 0.2) is 41.8 Å². The summed E-state index contributed by atoms with van der Waals surface area (Å²) >= 11 is 0. The molecule has 152 valence electrons. The number of sulfonamides is 1. The lowest BCUT2D eigenvalue weighted by atomic mass is 10.1. The summed E-state index contributed by atoms with van der Waals surface area (Å²) < 4.78 is 29.5. The first-order valence-corrected chi connectivity index (χ1v) is 11.3. The average Bonchev–Trinajstić information content (AvgIpc) is 3.04. The van der Waals surface area contributed by atoms with E-state index in [-0.39, 0.29) is 10.8 Å². The van der Waals surface area contributed by atoms with Crippen molar-refractivity contribution in [2.24, 2.45) is 0 Å². The van der Waals surface area contributed by atoms with Gasteiger partial charge in [0.2, 0.25) is 10.0 Å². The van der Waals surface area contributed by atoms with Crippen LogP contribution < -0.4 is 5.32 Å². The number of amides is 1. The van der Waals surface area contributed by atoms with E-state index in [0.717, 1.165) is 44.2 Å². The standard InChI is InChI=1S/C20H28N4O3S/c1-17-7-8-18(28(26,27)24-12-4-2-3-5-13-24)15-19(17)20(25)22-9-6-11-23-14-10-21-16-23/h7-8,10,14-16H,2-6,9,11-13H2,1H3,(H,22,25). The zero-order chi connectivity index (χ0) is 20.0. The Bertz CT molecular complexity index is 886. The summed E-state index contributed by atoms with van der Waals surface area (Å²) in [5.74, 6) is -0.240. The van der Waals surface area contributed by atoms with Gasteiger partial charge in [-0.05, 0) is 43.9 Å². The minimum atomic E-state index is -3.57. The molecular weight excluding hydrogens is 376 g/mol. The van der Waals surface area contributed by atoms with Crippen LogP contribution in [0.25, 0.3) is 0 Å². The largest absolute Gasteiger partial charge is 0.352 e. The van der Waals surface area contributed by atoms with Crippen molar-refractivity contribution in [2.45, 2.75) is 50.5 Å². The Morgan fingerprint density at radius 3 is 2.61 bits per heavy atom. The lowest BCUT2D eigenvalue weighted by molar-refractivity contribution is 0.0952. The molecule has 0 radical (unpaired) electrons. The third kappa shape index (κ3) is 4.99. The molecule has 1 aromatic heterocycles. The molecule has 1 aliphatic rings. The molecule has 8 heteroatoms. The van der Waals surface area contributed by atoms with Crippen molar-refractivity contribution in [1.29, 1.82) is 0 Å². The van der Waals surface area contributed by atoms with Gasteiger partial charge in [0.25, 0.3) is 5.91 Å². The van der Waals surface area contributed by atoms with Crippen LogP contribution in [0, 0.1) is 6.92 Å².